The predicted octanol–water partition coefficient (Wildman–Crippen LogP) is 4.28. The summed E-state index contributed by atoms with van der Waals surface area (Å²) < 4.78 is 43.6. The molecule has 0 radical (unpaired) electrons. The predicted molar refractivity (Wildman–Crippen MR) is 121 cm³/mol. The van der Waals surface area contributed by atoms with Crippen LogP contribution in [0.1, 0.15) is 41.6 Å². The molecule has 0 atom stereocenters. The number of carboxylic acid groups (broad SMARTS) is 1. The first-order valence-electron chi connectivity index (χ1n) is 11.1. The van der Waals surface area contributed by atoms with Crippen molar-refractivity contribution in [3.05, 3.63) is 59.7 Å². The van der Waals surface area contributed by atoms with Gasteiger partial charge in [0.05, 0.1) is 17.6 Å². The van der Waals surface area contributed by atoms with E-state index >= 15 is 0 Å². The fourth-order valence-corrected chi connectivity index (χ4v) is 3.68. The van der Waals surface area contributed by atoms with E-state index in [0.29, 0.717) is 37.0 Å². The Morgan fingerprint density at radius 1 is 0.886 bits per heavy atom. The monoisotopic (exact) mass is 493 g/mol. The smallest absolute Gasteiger partial charge is 0.416 e. The van der Waals surface area contributed by atoms with Gasteiger partial charge in [-0.05, 0) is 74.2 Å². The van der Waals surface area contributed by atoms with Gasteiger partial charge in [0.2, 0.25) is 0 Å². The molecule has 2 aromatic rings. The number of halogens is 3. The summed E-state index contributed by atoms with van der Waals surface area (Å²) >= 11 is 0. The van der Waals surface area contributed by atoms with Gasteiger partial charge in [-0.25, -0.2) is 4.79 Å². The number of urea groups is 1. The number of carbonyl (C=O) groups excluding carboxylic acids is 2. The molecule has 0 aliphatic heterocycles. The van der Waals surface area contributed by atoms with Gasteiger partial charge in [0.1, 0.15) is 5.75 Å². The van der Waals surface area contributed by atoms with Crippen LogP contribution < -0.4 is 20.7 Å². The van der Waals surface area contributed by atoms with Gasteiger partial charge in [-0.1, -0.05) is 0 Å². The average Bonchev–Trinajstić information content (AvgIpc) is 2.82. The average molecular weight is 493 g/mol. The Bertz CT molecular complexity index is 1020. The van der Waals surface area contributed by atoms with Crippen LogP contribution in [0, 0.1) is 5.92 Å². The number of rotatable bonds is 8. The first-order valence-corrected chi connectivity index (χ1v) is 11.1. The van der Waals surface area contributed by atoms with Crippen LogP contribution >= 0.6 is 0 Å². The van der Waals surface area contributed by atoms with E-state index in [2.05, 4.69) is 16.0 Å². The summed E-state index contributed by atoms with van der Waals surface area (Å²) in [5.74, 6) is -0.828. The topological polar surface area (TPSA) is 117 Å². The summed E-state index contributed by atoms with van der Waals surface area (Å²) in [5, 5.41) is 16.6. The van der Waals surface area contributed by atoms with Crippen molar-refractivity contribution in [2.45, 2.75) is 38.0 Å². The Kier molecular flexibility index (Phi) is 8.56. The number of ether oxygens (including phenoxy) is 1. The van der Waals surface area contributed by atoms with Crippen LogP contribution in [0.3, 0.4) is 0 Å². The highest BCUT2D eigenvalue weighted by atomic mass is 19.4. The van der Waals surface area contributed by atoms with Crippen molar-refractivity contribution >= 4 is 23.6 Å². The number of carbonyl (C=O) groups is 3. The fraction of sp³-hybridized carbons (Fsp3) is 0.375. The maximum atomic E-state index is 12.6. The molecule has 2 aromatic carbocycles. The SMILES string of the molecule is O=C(NCCNC(=O)c1ccc(O[C@H]2CC[C@@H](C(=O)O)CC2)cc1)Nc1ccc(C(F)(F)F)cc1. The van der Waals surface area contributed by atoms with E-state index in [1.165, 1.54) is 0 Å². The Morgan fingerprint density at radius 2 is 1.49 bits per heavy atom. The lowest BCUT2D eigenvalue weighted by atomic mass is 9.87. The molecule has 188 valence electrons. The van der Waals surface area contributed by atoms with Crippen LogP contribution in [0.25, 0.3) is 0 Å². The van der Waals surface area contributed by atoms with Crippen LogP contribution in [0.4, 0.5) is 23.7 Å². The van der Waals surface area contributed by atoms with E-state index in [1.54, 1.807) is 24.3 Å². The number of alkyl halides is 3. The third kappa shape index (κ3) is 7.90. The normalized spacial score (nSPS) is 17.8. The Hall–Kier alpha value is -3.76. The summed E-state index contributed by atoms with van der Waals surface area (Å²) in [5.41, 5.74) is -0.202. The molecule has 1 aliphatic rings. The quantitative estimate of drug-likeness (QED) is 0.410. The zero-order valence-corrected chi connectivity index (χ0v) is 18.7. The van der Waals surface area contributed by atoms with E-state index in [4.69, 9.17) is 9.84 Å². The molecule has 3 amide bonds. The molecule has 0 unspecified atom stereocenters. The van der Waals surface area contributed by atoms with E-state index in [0.717, 1.165) is 24.3 Å². The van der Waals surface area contributed by atoms with Crippen LogP contribution in [-0.4, -0.2) is 42.2 Å². The zero-order chi connectivity index (χ0) is 25.4. The molecule has 1 saturated carbocycles. The van der Waals surface area contributed by atoms with E-state index in [1.807, 2.05) is 0 Å². The van der Waals surface area contributed by atoms with Crippen LogP contribution in [0.15, 0.2) is 48.5 Å². The summed E-state index contributed by atoms with van der Waals surface area (Å²) in [7, 11) is 0. The number of aliphatic carboxylic acids is 1. The molecular formula is C24H26F3N3O5. The van der Waals surface area contributed by atoms with Crippen molar-refractivity contribution in [3.8, 4) is 5.75 Å². The molecule has 1 aliphatic carbocycles. The number of hydrogen-bond donors (Lipinski definition) is 4. The minimum atomic E-state index is -4.45. The standard InChI is InChI=1S/C24H26F3N3O5/c25-24(26,27)17-5-7-18(8-6-17)30-23(34)29-14-13-28-21(31)15-1-9-19(10-2-15)35-20-11-3-16(4-12-20)22(32)33/h1-2,5-10,16,20H,3-4,11-14H2,(H,28,31)(H,32,33)(H2,29,30,34)/t16-,20+. The first-order chi connectivity index (χ1) is 16.6. The van der Waals surface area contributed by atoms with Gasteiger partial charge in [-0.3, -0.25) is 9.59 Å². The van der Waals surface area contributed by atoms with Crippen molar-refractivity contribution in [2.75, 3.05) is 18.4 Å². The van der Waals surface area contributed by atoms with Crippen molar-refractivity contribution in [2.24, 2.45) is 5.92 Å². The molecule has 4 N–H and O–H groups in total. The van der Waals surface area contributed by atoms with Gasteiger partial charge in [0, 0.05) is 24.3 Å². The summed E-state index contributed by atoms with van der Waals surface area (Å²) in [6, 6.07) is 10.00. The van der Waals surface area contributed by atoms with Crippen molar-refractivity contribution in [3.63, 3.8) is 0 Å². The van der Waals surface area contributed by atoms with Gasteiger partial charge < -0.3 is 25.8 Å². The van der Waals surface area contributed by atoms with Gasteiger partial charge in [0.25, 0.3) is 5.91 Å². The molecular weight excluding hydrogens is 467 g/mol. The Balaban J connectivity index is 1.35. The highest BCUT2D eigenvalue weighted by Gasteiger charge is 2.30. The number of hydrogen-bond acceptors (Lipinski definition) is 4. The van der Waals surface area contributed by atoms with Crippen molar-refractivity contribution in [1.82, 2.24) is 10.6 Å². The summed E-state index contributed by atoms with van der Waals surface area (Å²) in [4.78, 5) is 35.2. The molecule has 35 heavy (non-hydrogen) atoms. The largest absolute Gasteiger partial charge is 0.490 e. The molecule has 0 aromatic heterocycles. The molecule has 0 heterocycles. The van der Waals surface area contributed by atoms with Crippen LogP contribution in [-0.2, 0) is 11.0 Å². The van der Waals surface area contributed by atoms with Gasteiger partial charge in [-0.2, -0.15) is 13.2 Å². The molecule has 0 saturated heterocycles. The Labute approximate surface area is 199 Å². The van der Waals surface area contributed by atoms with E-state index < -0.39 is 23.7 Å². The lowest BCUT2D eigenvalue weighted by molar-refractivity contribution is -0.143. The van der Waals surface area contributed by atoms with E-state index in [9.17, 15) is 27.6 Å². The Morgan fingerprint density at radius 3 is 2.06 bits per heavy atom. The maximum Gasteiger partial charge on any atom is 0.416 e. The van der Waals surface area contributed by atoms with Gasteiger partial charge in [0.15, 0.2) is 0 Å². The minimum Gasteiger partial charge on any atom is -0.490 e. The van der Waals surface area contributed by atoms with Crippen molar-refractivity contribution < 1.29 is 37.4 Å². The highest BCUT2D eigenvalue weighted by Crippen LogP contribution is 2.30. The lowest BCUT2D eigenvalue weighted by Gasteiger charge is -2.26. The maximum absolute atomic E-state index is 12.6. The number of carboxylic acids is 1. The zero-order valence-electron chi connectivity index (χ0n) is 18.7. The fourth-order valence-electron chi connectivity index (χ4n) is 3.68. The molecule has 1 fully saturated rings. The van der Waals surface area contributed by atoms with E-state index in [-0.39, 0.29) is 36.7 Å². The number of amides is 3. The van der Waals surface area contributed by atoms with Crippen molar-refractivity contribution in [1.29, 1.82) is 0 Å². The number of anilines is 1. The van der Waals surface area contributed by atoms with Crippen LogP contribution in [0.5, 0.6) is 5.75 Å². The summed E-state index contributed by atoms with van der Waals surface area (Å²) in [6.45, 7) is 0.253. The molecule has 0 spiro atoms. The summed E-state index contributed by atoms with van der Waals surface area (Å²) in [6.07, 6.45) is -2.01. The second-order valence-corrected chi connectivity index (χ2v) is 8.17. The van der Waals surface area contributed by atoms with Gasteiger partial charge in [-0.15, -0.1) is 0 Å². The molecule has 8 nitrogen and oxygen atoms in total. The molecule has 3 rings (SSSR count). The molecule has 0 bridgehead atoms. The van der Waals surface area contributed by atoms with Crippen LogP contribution in [0.2, 0.25) is 0 Å². The lowest BCUT2D eigenvalue weighted by Crippen LogP contribution is -2.36. The highest BCUT2D eigenvalue weighted by molar-refractivity contribution is 5.94. The third-order valence-electron chi connectivity index (χ3n) is 5.61. The third-order valence-corrected chi connectivity index (χ3v) is 5.61. The minimum absolute atomic E-state index is 0.0509. The number of benzene rings is 2. The van der Waals surface area contributed by atoms with Gasteiger partial charge >= 0.3 is 18.2 Å². The number of nitrogens with one attached hydrogen (secondary N) is 3. The second kappa shape index (κ2) is 11.6. The first kappa shape index (κ1) is 25.9. The molecule has 11 heteroatoms. The second-order valence-electron chi connectivity index (χ2n) is 8.17.